The largest absolute Gasteiger partial charge is 0.389 e. The quantitative estimate of drug-likeness (QED) is 0.627. The molecule has 0 spiro atoms. The number of hydrogen-bond acceptors (Lipinski definition) is 3. The van der Waals surface area contributed by atoms with E-state index in [1.54, 1.807) is 6.07 Å². The third-order valence-electron chi connectivity index (χ3n) is 0.823. The van der Waals surface area contributed by atoms with Crippen molar-refractivity contribution in [2.75, 3.05) is 5.73 Å². The van der Waals surface area contributed by atoms with Gasteiger partial charge in [0.05, 0.1) is 5.02 Å². The van der Waals surface area contributed by atoms with Crippen LogP contribution in [0, 0.1) is 11.3 Å². The molecule has 0 fully saturated rings. The molecule has 0 aromatic carbocycles. The summed E-state index contributed by atoms with van der Waals surface area (Å²) in [7, 11) is 0. The lowest BCUT2D eigenvalue weighted by molar-refractivity contribution is 1.52. The number of rotatable bonds is 0. The van der Waals surface area contributed by atoms with Crippen LogP contribution in [0.2, 0.25) is 5.02 Å². The molecule has 0 aliphatic rings. The minimum atomic E-state index is 0.469. The van der Waals surface area contributed by atoms with Crippen LogP contribution in [0.4, 0.5) is 5.00 Å². The summed E-state index contributed by atoms with van der Waals surface area (Å²) in [6.45, 7) is 0. The van der Waals surface area contributed by atoms with Crippen molar-refractivity contribution < 1.29 is 0 Å². The summed E-state index contributed by atoms with van der Waals surface area (Å²) in [5.74, 6) is 0. The van der Waals surface area contributed by atoms with Crippen molar-refractivity contribution in [1.29, 1.82) is 5.26 Å². The highest BCUT2D eigenvalue weighted by atomic mass is 35.5. The Kier molecular flexibility index (Phi) is 1.60. The van der Waals surface area contributed by atoms with Crippen molar-refractivity contribution in [3.8, 4) is 6.07 Å². The zero-order chi connectivity index (χ0) is 6.85. The number of nitrogens with zero attached hydrogens (tertiary/aromatic N) is 1. The molecule has 46 valence electrons. The first-order valence-corrected chi connectivity index (χ1v) is 3.38. The Morgan fingerprint density at radius 3 is 2.67 bits per heavy atom. The highest BCUT2D eigenvalue weighted by Crippen LogP contribution is 2.28. The van der Waals surface area contributed by atoms with E-state index in [1.165, 1.54) is 11.3 Å². The molecule has 9 heavy (non-hydrogen) atoms. The van der Waals surface area contributed by atoms with Crippen LogP contribution < -0.4 is 5.73 Å². The van der Waals surface area contributed by atoms with Gasteiger partial charge < -0.3 is 5.73 Å². The van der Waals surface area contributed by atoms with Gasteiger partial charge in [-0.3, -0.25) is 0 Å². The summed E-state index contributed by atoms with van der Waals surface area (Å²) in [5, 5.41) is 9.30. The Morgan fingerprint density at radius 1 is 1.78 bits per heavy atom. The lowest BCUT2D eigenvalue weighted by Crippen LogP contribution is -1.75. The molecular formula is C5H3ClN2S. The maximum absolute atomic E-state index is 8.32. The molecule has 1 rings (SSSR count). The molecule has 0 saturated heterocycles. The number of halogens is 1. The molecule has 0 aliphatic heterocycles. The Bertz CT molecular complexity index is 241. The normalized spacial score (nSPS) is 8.89. The lowest BCUT2D eigenvalue weighted by atomic mass is 10.5. The van der Waals surface area contributed by atoms with Crippen LogP contribution in [0.15, 0.2) is 6.07 Å². The van der Waals surface area contributed by atoms with Crippen LogP contribution in [0.25, 0.3) is 0 Å². The number of hydrogen-bond donors (Lipinski definition) is 1. The number of anilines is 1. The summed E-state index contributed by atoms with van der Waals surface area (Å²) in [6.07, 6.45) is 0. The van der Waals surface area contributed by atoms with Crippen LogP contribution >= 0.6 is 22.9 Å². The van der Waals surface area contributed by atoms with Crippen molar-refractivity contribution in [3.05, 3.63) is 16.0 Å². The van der Waals surface area contributed by atoms with E-state index in [2.05, 4.69) is 0 Å². The third kappa shape index (κ3) is 1.15. The number of nitrogen functional groups attached to an aromatic ring is 1. The second-order valence-corrected chi connectivity index (χ2v) is 2.93. The molecule has 2 N–H and O–H groups in total. The molecule has 0 aliphatic carbocycles. The van der Waals surface area contributed by atoms with Crippen molar-refractivity contribution in [2.45, 2.75) is 0 Å². The second-order valence-electron chi connectivity index (χ2n) is 1.43. The minimum Gasteiger partial charge on any atom is -0.389 e. The van der Waals surface area contributed by atoms with Crippen molar-refractivity contribution >= 4 is 27.9 Å². The average Bonchev–Trinajstić information content (AvgIpc) is 2.13. The lowest BCUT2D eigenvalue weighted by Gasteiger charge is -1.77. The zero-order valence-corrected chi connectivity index (χ0v) is 5.96. The fourth-order valence-electron chi connectivity index (χ4n) is 0.438. The Labute approximate surface area is 61.5 Å². The molecule has 0 amide bonds. The van der Waals surface area contributed by atoms with Crippen LogP contribution in [0.3, 0.4) is 0 Å². The van der Waals surface area contributed by atoms with Gasteiger partial charge in [-0.05, 0) is 6.07 Å². The van der Waals surface area contributed by atoms with Gasteiger partial charge in [0.1, 0.15) is 15.9 Å². The van der Waals surface area contributed by atoms with Gasteiger partial charge in [0.15, 0.2) is 0 Å². The maximum atomic E-state index is 8.32. The Hall–Kier alpha value is -0.720. The number of nitrogens with two attached hydrogens (primary N) is 1. The molecule has 0 radical (unpaired) electrons. The van der Waals surface area contributed by atoms with E-state index < -0.39 is 0 Å². The van der Waals surface area contributed by atoms with E-state index in [9.17, 15) is 0 Å². The summed E-state index contributed by atoms with van der Waals surface area (Å²) in [4.78, 5) is 0.553. The van der Waals surface area contributed by atoms with Gasteiger partial charge in [-0.2, -0.15) is 5.26 Å². The standard InChI is InChI=1S/C5H3ClN2S/c6-4-1-3(2-7)9-5(4)8/h1H,8H2. The third-order valence-corrected chi connectivity index (χ3v) is 2.12. The van der Waals surface area contributed by atoms with Crippen molar-refractivity contribution in [1.82, 2.24) is 0 Å². The SMILES string of the molecule is N#Cc1cc(Cl)c(N)s1. The molecule has 1 aromatic rings. The molecule has 0 bridgehead atoms. The predicted octanol–water partition coefficient (Wildman–Crippen LogP) is 1.86. The molecule has 0 atom stereocenters. The van der Waals surface area contributed by atoms with E-state index in [0.717, 1.165) is 0 Å². The molecule has 1 heterocycles. The van der Waals surface area contributed by atoms with Gasteiger partial charge in [0, 0.05) is 0 Å². The highest BCUT2D eigenvalue weighted by Gasteiger charge is 2.00. The van der Waals surface area contributed by atoms with Crippen LogP contribution in [-0.4, -0.2) is 0 Å². The summed E-state index contributed by atoms with van der Waals surface area (Å²) < 4.78 is 0. The Morgan fingerprint density at radius 2 is 2.44 bits per heavy atom. The topological polar surface area (TPSA) is 49.8 Å². The molecular weight excluding hydrogens is 156 g/mol. The predicted molar refractivity (Wildman–Crippen MR) is 38.5 cm³/mol. The van der Waals surface area contributed by atoms with E-state index in [0.29, 0.717) is 14.9 Å². The van der Waals surface area contributed by atoms with Gasteiger partial charge in [-0.15, -0.1) is 11.3 Å². The zero-order valence-electron chi connectivity index (χ0n) is 4.39. The fourth-order valence-corrected chi connectivity index (χ4v) is 1.34. The first-order valence-electron chi connectivity index (χ1n) is 2.19. The maximum Gasteiger partial charge on any atom is 0.110 e. The summed E-state index contributed by atoms with van der Waals surface area (Å²) in [5.41, 5.74) is 5.35. The molecule has 4 heteroatoms. The van der Waals surface area contributed by atoms with Crippen LogP contribution in [-0.2, 0) is 0 Å². The first kappa shape index (κ1) is 6.40. The number of nitriles is 1. The summed E-state index contributed by atoms with van der Waals surface area (Å²) >= 11 is 6.74. The van der Waals surface area contributed by atoms with E-state index in [1.807, 2.05) is 6.07 Å². The van der Waals surface area contributed by atoms with Crippen molar-refractivity contribution in [2.24, 2.45) is 0 Å². The van der Waals surface area contributed by atoms with Gasteiger partial charge in [-0.1, -0.05) is 11.6 Å². The molecule has 2 nitrogen and oxygen atoms in total. The first-order chi connectivity index (χ1) is 4.24. The van der Waals surface area contributed by atoms with Gasteiger partial charge >= 0.3 is 0 Å². The van der Waals surface area contributed by atoms with E-state index in [-0.39, 0.29) is 0 Å². The van der Waals surface area contributed by atoms with Gasteiger partial charge in [0.2, 0.25) is 0 Å². The van der Waals surface area contributed by atoms with Crippen LogP contribution in [0.1, 0.15) is 4.88 Å². The second kappa shape index (κ2) is 2.26. The van der Waals surface area contributed by atoms with Gasteiger partial charge in [0.25, 0.3) is 0 Å². The highest BCUT2D eigenvalue weighted by molar-refractivity contribution is 7.17. The molecule has 1 aromatic heterocycles. The smallest absolute Gasteiger partial charge is 0.110 e. The fraction of sp³-hybridized carbons (Fsp3) is 0. The number of thiophene rings is 1. The van der Waals surface area contributed by atoms with E-state index >= 15 is 0 Å². The van der Waals surface area contributed by atoms with Gasteiger partial charge in [-0.25, -0.2) is 0 Å². The average molecular weight is 159 g/mol. The van der Waals surface area contributed by atoms with E-state index in [4.69, 9.17) is 22.6 Å². The minimum absolute atomic E-state index is 0.469. The summed E-state index contributed by atoms with van der Waals surface area (Å²) in [6, 6.07) is 3.50. The monoisotopic (exact) mass is 158 g/mol. The molecule has 0 unspecified atom stereocenters. The molecule has 0 saturated carbocycles. The Balaban J connectivity index is 3.16. The van der Waals surface area contributed by atoms with Crippen molar-refractivity contribution in [3.63, 3.8) is 0 Å². The van der Waals surface area contributed by atoms with Crippen LogP contribution in [0.5, 0.6) is 0 Å².